The number of ether oxygens (including phenoxy) is 3. The summed E-state index contributed by atoms with van der Waals surface area (Å²) in [5.41, 5.74) is 0. The van der Waals surface area contributed by atoms with Crippen molar-refractivity contribution in [3.8, 4) is 0 Å². The molecule has 0 saturated carbocycles. The van der Waals surface area contributed by atoms with E-state index in [1.807, 2.05) is 6.08 Å². The van der Waals surface area contributed by atoms with Gasteiger partial charge in [0.25, 0.3) is 0 Å². The zero-order valence-corrected chi connectivity index (χ0v) is 46.5. The Kier molecular flexibility index (Phi) is 55.9. The van der Waals surface area contributed by atoms with Gasteiger partial charge in [0.2, 0.25) is 0 Å². The van der Waals surface area contributed by atoms with Gasteiger partial charge >= 0.3 is 17.9 Å². The summed E-state index contributed by atoms with van der Waals surface area (Å²) in [5, 5.41) is 0. The first-order valence-corrected chi connectivity index (χ1v) is 29.7. The molecule has 0 unspecified atom stereocenters. The van der Waals surface area contributed by atoms with Gasteiger partial charge in [0.1, 0.15) is 13.2 Å². The Morgan fingerprint density at radius 2 is 0.577 bits per heavy atom. The quantitative estimate of drug-likeness (QED) is 0.0261. The lowest BCUT2D eigenvalue weighted by molar-refractivity contribution is -0.166. The molecule has 0 aromatic carbocycles. The molecule has 1 atom stereocenters. The van der Waals surface area contributed by atoms with Crippen LogP contribution in [0.4, 0.5) is 0 Å². The largest absolute Gasteiger partial charge is 0.462 e. The number of hydrogen-bond acceptors (Lipinski definition) is 6. The minimum atomic E-state index is -0.814. The molecule has 0 aliphatic heterocycles. The minimum absolute atomic E-state index is 0.107. The summed E-state index contributed by atoms with van der Waals surface area (Å²) in [7, 11) is 0. The van der Waals surface area contributed by atoms with Crippen LogP contribution < -0.4 is 0 Å². The van der Waals surface area contributed by atoms with E-state index in [0.717, 1.165) is 103 Å². The fourth-order valence-corrected chi connectivity index (χ4v) is 8.15. The number of carbonyl (C=O) groups is 3. The van der Waals surface area contributed by atoms with E-state index in [-0.39, 0.29) is 37.5 Å². The molecule has 6 heteroatoms. The van der Waals surface area contributed by atoms with Crippen molar-refractivity contribution in [2.24, 2.45) is 0 Å². The lowest BCUT2D eigenvalue weighted by atomic mass is 10.0. The van der Waals surface area contributed by atoms with Crippen molar-refractivity contribution in [2.75, 3.05) is 13.2 Å². The van der Waals surface area contributed by atoms with E-state index in [2.05, 4.69) is 112 Å². The molecule has 0 rings (SSSR count). The van der Waals surface area contributed by atoms with Crippen LogP contribution >= 0.6 is 0 Å². The van der Waals surface area contributed by atoms with Crippen molar-refractivity contribution >= 4 is 17.9 Å². The topological polar surface area (TPSA) is 78.9 Å². The van der Waals surface area contributed by atoms with Gasteiger partial charge in [-0.3, -0.25) is 14.4 Å². The van der Waals surface area contributed by atoms with Crippen LogP contribution in [0.15, 0.2) is 97.2 Å². The first-order chi connectivity index (χ1) is 35.0. The van der Waals surface area contributed by atoms with Gasteiger partial charge in [0.05, 0.1) is 0 Å². The summed E-state index contributed by atoms with van der Waals surface area (Å²) in [6, 6.07) is 0. The zero-order valence-electron chi connectivity index (χ0n) is 46.5. The molecular formula is C65H110O6. The number of hydrogen-bond donors (Lipinski definition) is 0. The normalized spacial score (nSPS) is 12.8. The molecule has 0 saturated heterocycles. The molecule has 0 spiro atoms. The Balaban J connectivity index is 4.49. The van der Waals surface area contributed by atoms with E-state index in [1.165, 1.54) is 128 Å². The highest BCUT2D eigenvalue weighted by Crippen LogP contribution is 2.16. The average molecular weight is 988 g/mol. The van der Waals surface area contributed by atoms with Crippen LogP contribution in [0.1, 0.15) is 278 Å². The van der Waals surface area contributed by atoms with Crippen LogP contribution in [0.5, 0.6) is 0 Å². The molecule has 0 aromatic rings. The minimum Gasteiger partial charge on any atom is -0.462 e. The Morgan fingerprint density at radius 1 is 0.296 bits per heavy atom. The van der Waals surface area contributed by atoms with Crippen molar-refractivity contribution in [2.45, 2.75) is 284 Å². The SMILES string of the molecule is CC/C=C\C/C=C\C/C=C\C/C=C\C/C=C\C/C=C\CCC(=O)OC[C@@H](COC(=O)CCCCCCC/C=C\C/C=C\CCCCC)OC(=O)CCCCCCCCCCCCCCCCCCCCC. The van der Waals surface area contributed by atoms with Crippen LogP contribution in [0.3, 0.4) is 0 Å². The van der Waals surface area contributed by atoms with Gasteiger partial charge < -0.3 is 14.2 Å². The number of allylic oxidation sites excluding steroid dienone is 16. The van der Waals surface area contributed by atoms with Crippen molar-refractivity contribution < 1.29 is 28.6 Å². The van der Waals surface area contributed by atoms with Gasteiger partial charge in [-0.1, -0.05) is 266 Å². The Bertz CT molecular complexity index is 1410. The van der Waals surface area contributed by atoms with E-state index >= 15 is 0 Å². The monoisotopic (exact) mass is 987 g/mol. The van der Waals surface area contributed by atoms with Crippen LogP contribution in [0, 0.1) is 0 Å². The smallest absolute Gasteiger partial charge is 0.306 e. The summed E-state index contributed by atoms with van der Waals surface area (Å²) in [6.07, 6.45) is 78.4. The predicted octanol–water partition coefficient (Wildman–Crippen LogP) is 20.1. The first-order valence-electron chi connectivity index (χ1n) is 29.7. The molecule has 0 heterocycles. The highest BCUT2D eigenvalue weighted by Gasteiger charge is 2.19. The maximum absolute atomic E-state index is 12.9. The molecule has 0 aliphatic rings. The molecule has 0 aliphatic carbocycles. The predicted molar refractivity (Wildman–Crippen MR) is 307 cm³/mol. The molecule has 0 fully saturated rings. The third-order valence-electron chi connectivity index (χ3n) is 12.6. The van der Waals surface area contributed by atoms with Gasteiger partial charge in [-0.05, 0) is 89.9 Å². The Morgan fingerprint density at radius 3 is 0.972 bits per heavy atom. The molecule has 71 heavy (non-hydrogen) atoms. The first kappa shape index (κ1) is 67.3. The second-order valence-electron chi connectivity index (χ2n) is 19.5. The number of rotatable bonds is 53. The van der Waals surface area contributed by atoms with Gasteiger partial charge in [0.15, 0.2) is 6.10 Å². The fourth-order valence-electron chi connectivity index (χ4n) is 8.15. The number of unbranched alkanes of at least 4 members (excludes halogenated alkanes) is 26. The average Bonchev–Trinajstić information content (AvgIpc) is 3.37. The van der Waals surface area contributed by atoms with Crippen LogP contribution in [-0.2, 0) is 28.6 Å². The molecule has 6 nitrogen and oxygen atoms in total. The Labute approximate surface area is 438 Å². The van der Waals surface area contributed by atoms with E-state index in [0.29, 0.717) is 19.3 Å². The van der Waals surface area contributed by atoms with Gasteiger partial charge in [-0.25, -0.2) is 0 Å². The van der Waals surface area contributed by atoms with Crippen LogP contribution in [-0.4, -0.2) is 37.2 Å². The van der Waals surface area contributed by atoms with Gasteiger partial charge in [-0.15, -0.1) is 0 Å². The van der Waals surface area contributed by atoms with Gasteiger partial charge in [0, 0.05) is 19.3 Å². The van der Waals surface area contributed by atoms with E-state index < -0.39 is 6.10 Å². The number of esters is 3. The van der Waals surface area contributed by atoms with Crippen molar-refractivity contribution in [1.82, 2.24) is 0 Å². The highest BCUT2D eigenvalue weighted by molar-refractivity contribution is 5.71. The molecular weight excluding hydrogens is 877 g/mol. The van der Waals surface area contributed by atoms with E-state index in [9.17, 15) is 14.4 Å². The standard InChI is InChI=1S/C65H110O6/c1-4-7-10-13-16-19-22-25-28-30-32-34-37-40-43-46-49-52-55-58-64(67)70-61-62(60-69-63(66)57-54-51-48-45-42-39-36-27-24-21-18-15-12-9-6-3)71-65(68)59-56-53-50-47-44-41-38-35-33-31-29-26-23-20-17-14-11-8-5-2/h7,10,16,18-19,21,25,27-28,32,34,36,40,43,49,52,62H,4-6,8-9,11-15,17,20,22-24,26,29-31,33,35,37-39,41-42,44-48,50-51,53-61H2,1-3H3/b10-7-,19-16-,21-18-,28-25-,34-32-,36-27-,43-40-,52-49-/t62-/m1/s1. The summed E-state index contributed by atoms with van der Waals surface area (Å²) in [4.78, 5) is 38.2. The zero-order chi connectivity index (χ0) is 51.4. The Hall–Kier alpha value is -3.67. The molecule has 0 amide bonds. The molecule has 0 N–H and O–H groups in total. The maximum Gasteiger partial charge on any atom is 0.306 e. The lowest BCUT2D eigenvalue weighted by Crippen LogP contribution is -2.30. The third-order valence-corrected chi connectivity index (χ3v) is 12.6. The third kappa shape index (κ3) is 57.1. The van der Waals surface area contributed by atoms with Crippen molar-refractivity contribution in [1.29, 1.82) is 0 Å². The van der Waals surface area contributed by atoms with Crippen LogP contribution in [0.2, 0.25) is 0 Å². The summed E-state index contributed by atoms with van der Waals surface area (Å²) >= 11 is 0. The van der Waals surface area contributed by atoms with Gasteiger partial charge in [-0.2, -0.15) is 0 Å². The van der Waals surface area contributed by atoms with Crippen molar-refractivity contribution in [3.63, 3.8) is 0 Å². The summed E-state index contributed by atoms with van der Waals surface area (Å²) in [5.74, 6) is -0.999. The molecule has 0 radical (unpaired) electrons. The molecule has 0 bridgehead atoms. The second kappa shape index (κ2) is 58.9. The number of carbonyl (C=O) groups excluding carboxylic acids is 3. The lowest BCUT2D eigenvalue weighted by Gasteiger charge is -2.18. The van der Waals surface area contributed by atoms with Crippen molar-refractivity contribution in [3.05, 3.63) is 97.2 Å². The van der Waals surface area contributed by atoms with E-state index in [4.69, 9.17) is 14.2 Å². The highest BCUT2D eigenvalue weighted by atomic mass is 16.6. The maximum atomic E-state index is 12.9. The van der Waals surface area contributed by atoms with E-state index in [1.54, 1.807) is 0 Å². The van der Waals surface area contributed by atoms with Crippen LogP contribution in [0.25, 0.3) is 0 Å². The summed E-state index contributed by atoms with van der Waals surface area (Å²) in [6.45, 7) is 6.44. The second-order valence-corrected chi connectivity index (χ2v) is 19.5. The summed E-state index contributed by atoms with van der Waals surface area (Å²) < 4.78 is 16.8. The molecule has 0 aromatic heterocycles. The molecule has 406 valence electrons. The fraction of sp³-hybridized carbons (Fsp3) is 0.708.